The topological polar surface area (TPSA) is 61.8 Å². The lowest BCUT2D eigenvalue weighted by atomic mass is 9.85. The van der Waals surface area contributed by atoms with Gasteiger partial charge >= 0.3 is 6.09 Å². The highest BCUT2D eigenvalue weighted by Gasteiger charge is 2.34. The highest BCUT2D eigenvalue weighted by Crippen LogP contribution is 2.39. The van der Waals surface area contributed by atoms with Gasteiger partial charge in [-0.3, -0.25) is 0 Å². The van der Waals surface area contributed by atoms with Crippen LogP contribution in [0.5, 0.6) is 5.75 Å². The number of benzene rings is 2. The van der Waals surface area contributed by atoms with Crippen LogP contribution in [-0.2, 0) is 5.54 Å². The number of rotatable bonds is 3. The molecular weight excluding hydrogens is 304 g/mol. The normalized spacial score (nSPS) is 19.1. The van der Waals surface area contributed by atoms with Crippen LogP contribution in [0.2, 0.25) is 0 Å². The van der Waals surface area contributed by atoms with Crippen molar-refractivity contribution in [3.63, 3.8) is 0 Å². The van der Waals surface area contributed by atoms with E-state index in [0.717, 1.165) is 28.1 Å². The molecule has 1 unspecified atom stereocenters. The van der Waals surface area contributed by atoms with E-state index in [2.05, 4.69) is 28.4 Å². The van der Waals surface area contributed by atoms with Crippen LogP contribution in [0.3, 0.4) is 0 Å². The number of anilines is 1. The number of carboxylic acid groups (broad SMARTS) is 1. The quantitative estimate of drug-likeness (QED) is 0.903. The molecule has 0 aromatic heterocycles. The van der Waals surface area contributed by atoms with Crippen molar-refractivity contribution in [3.05, 3.63) is 48.0 Å². The van der Waals surface area contributed by atoms with E-state index < -0.39 is 11.6 Å². The van der Waals surface area contributed by atoms with Gasteiger partial charge in [0.25, 0.3) is 0 Å². The summed E-state index contributed by atoms with van der Waals surface area (Å²) in [5, 5.41) is 11.7. The third-order valence-corrected chi connectivity index (χ3v) is 4.51. The molecule has 0 radical (unpaired) electrons. The Labute approximate surface area is 141 Å². The summed E-state index contributed by atoms with van der Waals surface area (Å²) in [6, 6.07) is 14.2. The van der Waals surface area contributed by atoms with Crippen molar-refractivity contribution in [2.75, 3.05) is 25.6 Å². The maximum Gasteiger partial charge on any atom is 0.405 e. The second-order valence-electron chi connectivity index (χ2n) is 6.52. The molecule has 5 heteroatoms. The highest BCUT2D eigenvalue weighted by molar-refractivity contribution is 5.71. The number of ether oxygens (including phenoxy) is 1. The monoisotopic (exact) mass is 326 g/mol. The fourth-order valence-corrected chi connectivity index (χ4v) is 3.11. The second kappa shape index (κ2) is 6.07. The van der Waals surface area contributed by atoms with E-state index in [0.29, 0.717) is 13.0 Å². The molecule has 126 valence electrons. The predicted octanol–water partition coefficient (Wildman–Crippen LogP) is 3.68. The second-order valence-corrected chi connectivity index (χ2v) is 6.52. The van der Waals surface area contributed by atoms with E-state index in [9.17, 15) is 4.79 Å². The van der Waals surface area contributed by atoms with Crippen LogP contribution in [0, 0.1) is 0 Å². The van der Waals surface area contributed by atoms with Gasteiger partial charge in [-0.15, -0.1) is 0 Å². The minimum atomic E-state index is -1.02. The van der Waals surface area contributed by atoms with Crippen molar-refractivity contribution in [1.82, 2.24) is 5.32 Å². The lowest BCUT2D eigenvalue weighted by molar-refractivity contribution is 0.158. The summed E-state index contributed by atoms with van der Waals surface area (Å²) in [7, 11) is 4.02. The first-order chi connectivity index (χ1) is 11.4. The van der Waals surface area contributed by atoms with Gasteiger partial charge in [0.2, 0.25) is 0 Å². The summed E-state index contributed by atoms with van der Waals surface area (Å²) in [5.74, 6) is 0.741. The highest BCUT2D eigenvalue weighted by atomic mass is 16.5. The van der Waals surface area contributed by atoms with Crippen molar-refractivity contribution >= 4 is 11.8 Å². The Balaban J connectivity index is 2.00. The molecule has 24 heavy (non-hydrogen) atoms. The van der Waals surface area contributed by atoms with Crippen molar-refractivity contribution < 1.29 is 14.6 Å². The zero-order valence-corrected chi connectivity index (χ0v) is 14.2. The molecule has 1 atom stereocenters. The number of amides is 1. The van der Waals surface area contributed by atoms with E-state index in [-0.39, 0.29) is 0 Å². The van der Waals surface area contributed by atoms with E-state index in [4.69, 9.17) is 9.84 Å². The summed E-state index contributed by atoms with van der Waals surface area (Å²) in [4.78, 5) is 13.2. The Morgan fingerprint density at radius 1 is 1.21 bits per heavy atom. The van der Waals surface area contributed by atoms with Gasteiger partial charge in [-0.1, -0.05) is 24.3 Å². The Kier molecular flexibility index (Phi) is 4.09. The molecule has 1 amide bonds. The molecular formula is C19H22N2O3. The minimum Gasteiger partial charge on any atom is -0.493 e. The van der Waals surface area contributed by atoms with Crippen LogP contribution in [0.25, 0.3) is 11.1 Å². The van der Waals surface area contributed by atoms with Gasteiger partial charge in [-0.25, -0.2) is 4.79 Å². The standard InChI is InChI=1S/C19H22N2O3/c1-19(20-18(22)23)9-10-24-17-12-14(7-8-16(17)19)13-5-4-6-15(11-13)21(2)3/h4-8,11-12,20H,9-10H2,1-3H3,(H,22,23). The first-order valence-corrected chi connectivity index (χ1v) is 7.95. The summed E-state index contributed by atoms with van der Waals surface area (Å²) in [6.45, 7) is 2.39. The molecule has 3 rings (SSSR count). The largest absolute Gasteiger partial charge is 0.493 e. The first kappa shape index (κ1) is 16.2. The van der Waals surface area contributed by atoms with Gasteiger partial charge in [0.1, 0.15) is 5.75 Å². The third-order valence-electron chi connectivity index (χ3n) is 4.51. The van der Waals surface area contributed by atoms with Gasteiger partial charge in [-0.05, 0) is 36.2 Å². The molecule has 0 spiro atoms. The lowest BCUT2D eigenvalue weighted by Gasteiger charge is -2.35. The molecule has 5 nitrogen and oxygen atoms in total. The van der Waals surface area contributed by atoms with Gasteiger partial charge < -0.3 is 20.1 Å². The van der Waals surface area contributed by atoms with Gasteiger partial charge in [-0.2, -0.15) is 0 Å². The number of hydrogen-bond donors (Lipinski definition) is 2. The first-order valence-electron chi connectivity index (χ1n) is 7.95. The average Bonchev–Trinajstić information content (AvgIpc) is 2.54. The van der Waals surface area contributed by atoms with Crippen LogP contribution in [0.4, 0.5) is 10.5 Å². The number of fused-ring (bicyclic) bond motifs is 1. The fourth-order valence-electron chi connectivity index (χ4n) is 3.11. The van der Waals surface area contributed by atoms with Gasteiger partial charge in [0.05, 0.1) is 12.1 Å². The Morgan fingerprint density at radius 3 is 2.67 bits per heavy atom. The lowest BCUT2D eigenvalue weighted by Crippen LogP contribution is -2.46. The molecule has 2 aromatic rings. The molecule has 2 aromatic carbocycles. The Morgan fingerprint density at radius 2 is 1.96 bits per heavy atom. The number of nitrogens with one attached hydrogen (secondary N) is 1. The van der Waals surface area contributed by atoms with E-state index in [1.165, 1.54) is 0 Å². The van der Waals surface area contributed by atoms with Crippen molar-refractivity contribution in [3.8, 4) is 16.9 Å². The summed E-state index contributed by atoms with van der Waals surface area (Å²) < 4.78 is 5.80. The number of hydrogen-bond acceptors (Lipinski definition) is 3. The Bertz CT molecular complexity index is 773. The van der Waals surface area contributed by atoms with E-state index in [1.807, 2.05) is 45.3 Å². The Hall–Kier alpha value is -2.69. The predicted molar refractivity (Wildman–Crippen MR) is 94.8 cm³/mol. The zero-order chi connectivity index (χ0) is 17.3. The minimum absolute atomic E-state index is 0.491. The molecule has 0 fully saturated rings. The summed E-state index contributed by atoms with van der Waals surface area (Å²) in [5.41, 5.74) is 3.54. The molecule has 0 aliphatic carbocycles. The summed E-state index contributed by atoms with van der Waals surface area (Å²) in [6.07, 6.45) is -0.407. The fraction of sp³-hybridized carbons (Fsp3) is 0.316. The van der Waals surface area contributed by atoms with Crippen LogP contribution in [0.15, 0.2) is 42.5 Å². The number of carbonyl (C=O) groups is 1. The van der Waals surface area contributed by atoms with Crippen LogP contribution in [-0.4, -0.2) is 31.9 Å². The molecule has 0 saturated heterocycles. The maximum absolute atomic E-state index is 11.1. The summed E-state index contributed by atoms with van der Waals surface area (Å²) >= 11 is 0. The van der Waals surface area contributed by atoms with Crippen molar-refractivity contribution in [1.29, 1.82) is 0 Å². The molecule has 0 saturated carbocycles. The average molecular weight is 326 g/mol. The molecule has 1 aliphatic heterocycles. The SMILES string of the molecule is CN(C)c1cccc(-c2ccc3c(c2)OCCC3(C)NC(=O)O)c1. The van der Waals surface area contributed by atoms with Crippen molar-refractivity contribution in [2.24, 2.45) is 0 Å². The molecule has 1 heterocycles. The van der Waals surface area contributed by atoms with Crippen LogP contribution in [0.1, 0.15) is 18.9 Å². The van der Waals surface area contributed by atoms with Crippen molar-refractivity contribution in [2.45, 2.75) is 18.9 Å². The van der Waals surface area contributed by atoms with Gasteiger partial charge in [0, 0.05) is 31.8 Å². The smallest absolute Gasteiger partial charge is 0.405 e. The van der Waals surface area contributed by atoms with E-state index >= 15 is 0 Å². The van der Waals surface area contributed by atoms with E-state index in [1.54, 1.807) is 0 Å². The third kappa shape index (κ3) is 3.02. The number of nitrogens with zero attached hydrogens (tertiary/aromatic N) is 1. The van der Waals surface area contributed by atoms with Crippen LogP contribution >= 0.6 is 0 Å². The molecule has 0 bridgehead atoms. The maximum atomic E-state index is 11.1. The molecule has 2 N–H and O–H groups in total. The van der Waals surface area contributed by atoms with Crippen LogP contribution < -0.4 is 15.0 Å². The van der Waals surface area contributed by atoms with Gasteiger partial charge in [0.15, 0.2) is 0 Å². The molecule has 1 aliphatic rings. The zero-order valence-electron chi connectivity index (χ0n) is 14.2.